The third-order valence-corrected chi connectivity index (χ3v) is 7.45. The first-order chi connectivity index (χ1) is 19.8. The van der Waals surface area contributed by atoms with Gasteiger partial charge in [-0.1, -0.05) is 18.2 Å². The van der Waals surface area contributed by atoms with Crippen molar-refractivity contribution in [3.05, 3.63) is 71.3 Å². The van der Waals surface area contributed by atoms with Crippen LogP contribution in [0.3, 0.4) is 0 Å². The van der Waals surface area contributed by atoms with Crippen LogP contribution in [0.2, 0.25) is 0 Å². The van der Waals surface area contributed by atoms with Crippen LogP contribution in [0, 0.1) is 11.8 Å². The molecule has 3 aromatic carbocycles. The molecular formula is C30H36O11. The Morgan fingerprint density at radius 1 is 0.683 bits per heavy atom. The maximum Gasteiger partial charge on any atom is 0.161 e. The molecule has 0 amide bonds. The monoisotopic (exact) mass is 572 g/mol. The second kappa shape index (κ2) is 13.3. The number of aliphatic hydroxyl groups is 4. The summed E-state index contributed by atoms with van der Waals surface area (Å²) in [5, 5.41) is 61.3. The number of phenolic OH excluding ortho intramolecular Hbond substituents is 2. The first-order valence-electron chi connectivity index (χ1n) is 13.0. The molecule has 0 bridgehead atoms. The van der Waals surface area contributed by atoms with Crippen LogP contribution in [0.25, 0.3) is 0 Å². The number of benzene rings is 3. The lowest BCUT2D eigenvalue weighted by atomic mass is 9.83. The van der Waals surface area contributed by atoms with E-state index in [4.69, 9.17) is 23.7 Å². The van der Waals surface area contributed by atoms with Gasteiger partial charge in [0.05, 0.1) is 40.1 Å². The molecule has 1 fully saturated rings. The van der Waals surface area contributed by atoms with Gasteiger partial charge < -0.3 is 54.3 Å². The van der Waals surface area contributed by atoms with E-state index >= 15 is 0 Å². The molecule has 0 aromatic heterocycles. The molecule has 41 heavy (non-hydrogen) atoms. The van der Waals surface area contributed by atoms with Crippen molar-refractivity contribution in [2.45, 2.75) is 24.4 Å². The van der Waals surface area contributed by atoms with Gasteiger partial charge in [0.2, 0.25) is 0 Å². The Morgan fingerprint density at radius 2 is 1.20 bits per heavy atom. The Morgan fingerprint density at radius 3 is 1.73 bits per heavy atom. The van der Waals surface area contributed by atoms with E-state index in [2.05, 4.69) is 0 Å². The topological polar surface area (TPSA) is 168 Å². The molecule has 11 heteroatoms. The van der Waals surface area contributed by atoms with Gasteiger partial charge in [0.25, 0.3) is 0 Å². The second-order valence-corrected chi connectivity index (χ2v) is 9.73. The van der Waals surface area contributed by atoms with Gasteiger partial charge in [-0.05, 0) is 53.1 Å². The summed E-state index contributed by atoms with van der Waals surface area (Å²) in [7, 11) is 4.27. The number of rotatable bonds is 12. The fourth-order valence-corrected chi connectivity index (χ4v) is 5.21. The van der Waals surface area contributed by atoms with E-state index in [1.165, 1.54) is 45.6 Å². The van der Waals surface area contributed by atoms with Crippen LogP contribution in [-0.2, 0) is 4.74 Å². The van der Waals surface area contributed by atoms with Crippen LogP contribution >= 0.6 is 0 Å². The lowest BCUT2D eigenvalue weighted by Crippen LogP contribution is -2.29. The highest BCUT2D eigenvalue weighted by Gasteiger charge is 2.45. The zero-order chi connectivity index (χ0) is 29.7. The maximum absolute atomic E-state index is 10.9. The Labute approximate surface area is 237 Å². The Kier molecular flexibility index (Phi) is 9.79. The third-order valence-electron chi connectivity index (χ3n) is 7.45. The molecule has 0 radical (unpaired) electrons. The zero-order valence-corrected chi connectivity index (χ0v) is 23.0. The van der Waals surface area contributed by atoms with Gasteiger partial charge in [-0.15, -0.1) is 0 Å². The van der Waals surface area contributed by atoms with Crippen LogP contribution in [0.5, 0.6) is 34.5 Å². The van der Waals surface area contributed by atoms with E-state index in [1.54, 1.807) is 30.3 Å². The van der Waals surface area contributed by atoms with Crippen molar-refractivity contribution in [2.24, 2.45) is 11.8 Å². The minimum Gasteiger partial charge on any atom is -0.504 e. The molecular weight excluding hydrogens is 536 g/mol. The Hall–Kier alpha value is -3.74. The minimum atomic E-state index is -1.26. The highest BCUT2D eigenvalue weighted by molar-refractivity contribution is 5.46. The smallest absolute Gasteiger partial charge is 0.161 e. The van der Waals surface area contributed by atoms with Crippen molar-refractivity contribution in [1.82, 2.24) is 0 Å². The van der Waals surface area contributed by atoms with Crippen molar-refractivity contribution in [2.75, 3.05) is 41.2 Å². The van der Waals surface area contributed by atoms with Crippen molar-refractivity contribution in [3.63, 3.8) is 0 Å². The molecule has 1 aliphatic heterocycles. The first-order valence-corrected chi connectivity index (χ1v) is 13.0. The standard InChI is InChI=1S/C30H36O11/c1-37-24-10-16(4-7-21(24)34)28(36)27(15-33)40-23-9-6-18(12-26(23)39-3)30-20(14-32)19(13-31)29(41-30)17-5-8-22(35)25(11-17)38-2/h4-12,19-20,27-36H,13-15H2,1-3H3/t19-,20-,27+,28+,29+,30+/m1/s1. The molecule has 222 valence electrons. The highest BCUT2D eigenvalue weighted by Crippen LogP contribution is 2.51. The maximum atomic E-state index is 10.9. The SMILES string of the molecule is COc1cc([C@H](O)[C@H](CO)Oc2ccc([C@@H]3O[C@@H](c4ccc(O)c(OC)c4)[C@H](CO)[C@H]3CO)cc2OC)ccc1O. The van der Waals surface area contributed by atoms with Crippen molar-refractivity contribution in [3.8, 4) is 34.5 Å². The van der Waals surface area contributed by atoms with E-state index in [-0.39, 0.29) is 42.0 Å². The average molecular weight is 573 g/mol. The van der Waals surface area contributed by atoms with E-state index in [1.807, 2.05) is 0 Å². The van der Waals surface area contributed by atoms with Gasteiger partial charge in [-0.25, -0.2) is 0 Å². The number of ether oxygens (including phenoxy) is 5. The first kappa shape index (κ1) is 30.2. The molecule has 1 saturated heterocycles. The van der Waals surface area contributed by atoms with E-state index < -0.39 is 42.9 Å². The predicted molar refractivity (Wildman–Crippen MR) is 146 cm³/mol. The average Bonchev–Trinajstić information content (AvgIpc) is 3.38. The summed E-state index contributed by atoms with van der Waals surface area (Å²) in [4.78, 5) is 0. The van der Waals surface area contributed by atoms with Crippen LogP contribution in [-0.4, -0.2) is 77.9 Å². The lowest BCUT2D eigenvalue weighted by Gasteiger charge is -2.25. The van der Waals surface area contributed by atoms with Crippen LogP contribution in [0.15, 0.2) is 54.6 Å². The van der Waals surface area contributed by atoms with Gasteiger partial charge in [0, 0.05) is 25.0 Å². The van der Waals surface area contributed by atoms with Crippen LogP contribution in [0.4, 0.5) is 0 Å². The van der Waals surface area contributed by atoms with Gasteiger partial charge in [-0.3, -0.25) is 0 Å². The second-order valence-electron chi connectivity index (χ2n) is 9.73. The number of phenols is 2. The Balaban J connectivity index is 1.60. The number of methoxy groups -OCH3 is 3. The van der Waals surface area contributed by atoms with E-state index in [0.717, 1.165) is 0 Å². The fraction of sp³-hybridized carbons (Fsp3) is 0.400. The summed E-state index contributed by atoms with van der Waals surface area (Å²) < 4.78 is 28.2. The fourth-order valence-electron chi connectivity index (χ4n) is 5.21. The predicted octanol–water partition coefficient (Wildman–Crippen LogP) is 2.63. The minimum absolute atomic E-state index is 0.0266. The quantitative estimate of drug-likeness (QED) is 0.189. The molecule has 0 unspecified atom stereocenters. The molecule has 3 aromatic rings. The summed E-state index contributed by atoms with van der Waals surface area (Å²) in [5.74, 6) is -0.0463. The molecule has 0 aliphatic carbocycles. The summed E-state index contributed by atoms with van der Waals surface area (Å²) >= 11 is 0. The summed E-state index contributed by atoms with van der Waals surface area (Å²) in [6, 6.07) is 14.2. The van der Waals surface area contributed by atoms with Gasteiger partial charge in [0.15, 0.2) is 40.6 Å². The van der Waals surface area contributed by atoms with Crippen molar-refractivity contribution >= 4 is 0 Å². The van der Waals surface area contributed by atoms with Crippen LogP contribution in [0.1, 0.15) is 35.0 Å². The normalized spacial score (nSPS) is 21.7. The largest absolute Gasteiger partial charge is 0.504 e. The molecule has 6 N–H and O–H groups in total. The Bertz CT molecular complexity index is 1310. The third kappa shape index (κ3) is 6.14. The molecule has 1 heterocycles. The van der Waals surface area contributed by atoms with Crippen molar-refractivity contribution < 1.29 is 54.3 Å². The molecule has 4 rings (SSSR count). The van der Waals surface area contributed by atoms with E-state index in [0.29, 0.717) is 22.4 Å². The number of aliphatic hydroxyl groups excluding tert-OH is 4. The van der Waals surface area contributed by atoms with Crippen molar-refractivity contribution in [1.29, 1.82) is 0 Å². The molecule has 0 spiro atoms. The summed E-state index contributed by atoms with van der Waals surface area (Å²) in [5.41, 5.74) is 1.70. The summed E-state index contributed by atoms with van der Waals surface area (Å²) in [6.45, 7) is -1.02. The lowest BCUT2D eigenvalue weighted by molar-refractivity contribution is -0.000783. The van der Waals surface area contributed by atoms with Crippen LogP contribution < -0.4 is 18.9 Å². The number of hydrogen-bond acceptors (Lipinski definition) is 11. The molecule has 11 nitrogen and oxygen atoms in total. The molecule has 1 aliphatic rings. The number of aromatic hydroxyl groups is 2. The zero-order valence-electron chi connectivity index (χ0n) is 23.0. The highest BCUT2D eigenvalue weighted by atomic mass is 16.5. The number of hydrogen-bond donors (Lipinski definition) is 6. The van der Waals surface area contributed by atoms with Gasteiger partial charge in [-0.2, -0.15) is 0 Å². The molecule has 0 saturated carbocycles. The van der Waals surface area contributed by atoms with Gasteiger partial charge >= 0.3 is 0 Å². The van der Waals surface area contributed by atoms with E-state index in [9.17, 15) is 30.6 Å². The summed E-state index contributed by atoms with van der Waals surface area (Å²) in [6.07, 6.45) is -3.54. The molecule has 6 atom stereocenters. The van der Waals surface area contributed by atoms with Gasteiger partial charge in [0.1, 0.15) is 6.10 Å².